The van der Waals surface area contributed by atoms with Crippen molar-refractivity contribution in [2.45, 2.75) is 6.42 Å². The summed E-state index contributed by atoms with van der Waals surface area (Å²) in [5.41, 5.74) is 1.12. The van der Waals surface area contributed by atoms with Crippen molar-refractivity contribution in [3.63, 3.8) is 0 Å². The highest BCUT2D eigenvalue weighted by Gasteiger charge is 2.27. The molecule has 0 bridgehead atoms. The van der Waals surface area contributed by atoms with Crippen LogP contribution in [0.25, 0.3) is 0 Å². The van der Waals surface area contributed by atoms with Crippen molar-refractivity contribution in [3.05, 3.63) is 23.8 Å². The second-order valence-corrected chi connectivity index (χ2v) is 5.60. The molecule has 1 aliphatic rings. The second kappa shape index (κ2) is 7.82. The van der Waals surface area contributed by atoms with Gasteiger partial charge in [-0.05, 0) is 17.7 Å². The minimum absolute atomic E-state index is 0.134. The summed E-state index contributed by atoms with van der Waals surface area (Å²) in [5, 5.41) is 2.64. The third kappa shape index (κ3) is 4.35. The summed E-state index contributed by atoms with van der Waals surface area (Å²) in [4.78, 5) is 25.9. The van der Waals surface area contributed by atoms with E-state index in [4.69, 9.17) is 9.47 Å². The highest BCUT2D eigenvalue weighted by atomic mass is 16.5. The van der Waals surface area contributed by atoms with Gasteiger partial charge in [0.05, 0.1) is 27.8 Å². The van der Waals surface area contributed by atoms with Crippen LogP contribution in [0.15, 0.2) is 18.2 Å². The van der Waals surface area contributed by atoms with Crippen LogP contribution in [0.2, 0.25) is 0 Å². The number of carbonyl (C=O) groups is 2. The van der Waals surface area contributed by atoms with Gasteiger partial charge in [-0.1, -0.05) is 6.07 Å². The fourth-order valence-corrected chi connectivity index (χ4v) is 2.55. The molecule has 0 saturated carbocycles. The number of rotatable bonds is 7. The maximum Gasteiger partial charge on any atom is 0.324 e. The number of quaternary nitrogens is 1. The molecule has 1 aromatic rings. The highest BCUT2D eigenvalue weighted by Crippen LogP contribution is 2.27. The van der Waals surface area contributed by atoms with Crippen LogP contribution < -0.4 is 19.7 Å². The number of carbonyl (C=O) groups excluding carboxylic acids is 2. The number of methoxy groups -OCH3 is 2. The molecule has 1 heterocycles. The quantitative estimate of drug-likeness (QED) is 0.697. The minimum atomic E-state index is -0.289. The van der Waals surface area contributed by atoms with E-state index in [1.807, 2.05) is 25.2 Å². The van der Waals surface area contributed by atoms with E-state index in [0.29, 0.717) is 31.1 Å². The molecule has 0 radical (unpaired) electrons. The molecule has 7 nitrogen and oxygen atoms in total. The molecular weight excluding hydrogens is 298 g/mol. The molecule has 0 aromatic heterocycles. The number of hydrogen-bond donors (Lipinski definition) is 2. The molecule has 126 valence electrons. The first-order valence-electron chi connectivity index (χ1n) is 7.65. The van der Waals surface area contributed by atoms with Crippen LogP contribution in [0.5, 0.6) is 11.5 Å². The second-order valence-electron chi connectivity index (χ2n) is 5.60. The van der Waals surface area contributed by atoms with E-state index < -0.39 is 0 Å². The van der Waals surface area contributed by atoms with E-state index in [0.717, 1.165) is 23.4 Å². The SMILES string of the molecule is COc1ccc(CC[NH+](C)CC(=O)N2CCNC2=O)cc1OC. The molecule has 23 heavy (non-hydrogen) atoms. The summed E-state index contributed by atoms with van der Waals surface area (Å²) in [6, 6.07) is 5.53. The predicted octanol–water partition coefficient (Wildman–Crippen LogP) is -0.687. The summed E-state index contributed by atoms with van der Waals surface area (Å²) in [6.07, 6.45) is 0.811. The van der Waals surface area contributed by atoms with Gasteiger partial charge in [-0.25, -0.2) is 4.79 Å². The van der Waals surface area contributed by atoms with Gasteiger partial charge in [0.1, 0.15) is 0 Å². The number of hydrogen-bond acceptors (Lipinski definition) is 4. The van der Waals surface area contributed by atoms with Gasteiger partial charge in [-0.15, -0.1) is 0 Å². The summed E-state index contributed by atoms with van der Waals surface area (Å²) < 4.78 is 10.5. The molecule has 2 N–H and O–H groups in total. The first kappa shape index (κ1) is 17.1. The lowest BCUT2D eigenvalue weighted by atomic mass is 10.1. The molecule has 1 aromatic carbocycles. The van der Waals surface area contributed by atoms with E-state index in [9.17, 15) is 9.59 Å². The fraction of sp³-hybridized carbons (Fsp3) is 0.500. The maximum atomic E-state index is 12.1. The molecule has 1 saturated heterocycles. The molecule has 1 atom stereocenters. The zero-order chi connectivity index (χ0) is 16.8. The number of amides is 3. The zero-order valence-corrected chi connectivity index (χ0v) is 13.8. The van der Waals surface area contributed by atoms with Crippen molar-refractivity contribution in [1.29, 1.82) is 0 Å². The molecule has 3 amide bonds. The Kier molecular flexibility index (Phi) is 5.81. The summed E-state index contributed by atoms with van der Waals surface area (Å²) >= 11 is 0. The first-order valence-corrected chi connectivity index (χ1v) is 7.65. The number of ether oxygens (including phenoxy) is 2. The smallest absolute Gasteiger partial charge is 0.324 e. The van der Waals surface area contributed by atoms with Crippen LogP contribution in [0.4, 0.5) is 4.79 Å². The van der Waals surface area contributed by atoms with Gasteiger partial charge in [0.2, 0.25) is 0 Å². The van der Waals surface area contributed by atoms with Crippen LogP contribution >= 0.6 is 0 Å². The summed E-state index contributed by atoms with van der Waals surface area (Å²) in [6.45, 7) is 2.09. The van der Waals surface area contributed by atoms with Gasteiger partial charge in [0.25, 0.3) is 5.91 Å². The molecule has 1 aliphatic heterocycles. The molecule has 1 unspecified atom stereocenters. The predicted molar refractivity (Wildman–Crippen MR) is 85.0 cm³/mol. The Bertz CT molecular complexity index is 576. The van der Waals surface area contributed by atoms with Gasteiger partial charge < -0.3 is 19.7 Å². The van der Waals surface area contributed by atoms with Crippen LogP contribution in [0.3, 0.4) is 0 Å². The first-order chi connectivity index (χ1) is 11.0. The van der Waals surface area contributed by atoms with E-state index >= 15 is 0 Å². The Morgan fingerprint density at radius 3 is 2.65 bits per heavy atom. The van der Waals surface area contributed by atoms with Gasteiger partial charge in [-0.3, -0.25) is 9.69 Å². The number of benzene rings is 1. The molecule has 0 spiro atoms. The van der Waals surface area contributed by atoms with Gasteiger partial charge in [0.15, 0.2) is 18.0 Å². The fourth-order valence-electron chi connectivity index (χ4n) is 2.55. The van der Waals surface area contributed by atoms with E-state index in [-0.39, 0.29) is 11.9 Å². The Labute approximate surface area is 136 Å². The number of likely N-dealkylation sites (N-methyl/N-ethyl adjacent to an activating group) is 1. The minimum Gasteiger partial charge on any atom is -0.493 e. The van der Waals surface area contributed by atoms with Gasteiger partial charge >= 0.3 is 6.03 Å². The largest absolute Gasteiger partial charge is 0.493 e. The van der Waals surface area contributed by atoms with Crippen molar-refractivity contribution >= 4 is 11.9 Å². The Balaban J connectivity index is 1.85. The van der Waals surface area contributed by atoms with Crippen molar-refractivity contribution < 1.29 is 24.0 Å². The third-order valence-corrected chi connectivity index (χ3v) is 3.90. The number of urea groups is 1. The molecule has 2 rings (SSSR count). The van der Waals surface area contributed by atoms with Crippen molar-refractivity contribution in [2.75, 3.05) is 47.4 Å². The highest BCUT2D eigenvalue weighted by molar-refractivity contribution is 5.96. The Morgan fingerprint density at radius 2 is 2.04 bits per heavy atom. The van der Waals surface area contributed by atoms with Gasteiger partial charge in [-0.2, -0.15) is 0 Å². The van der Waals surface area contributed by atoms with Crippen LogP contribution in [-0.4, -0.2) is 64.3 Å². The lowest BCUT2D eigenvalue weighted by Gasteiger charge is -2.17. The number of nitrogens with zero attached hydrogens (tertiary/aromatic N) is 1. The Hall–Kier alpha value is -2.28. The zero-order valence-electron chi connectivity index (χ0n) is 13.8. The molecule has 1 fully saturated rings. The lowest BCUT2D eigenvalue weighted by molar-refractivity contribution is -0.871. The monoisotopic (exact) mass is 322 g/mol. The lowest BCUT2D eigenvalue weighted by Crippen LogP contribution is -3.10. The Morgan fingerprint density at radius 1 is 1.30 bits per heavy atom. The molecule has 0 aliphatic carbocycles. The van der Waals surface area contributed by atoms with Crippen molar-refractivity contribution in [1.82, 2.24) is 10.2 Å². The van der Waals surface area contributed by atoms with E-state index in [2.05, 4.69) is 5.32 Å². The summed E-state index contributed by atoms with van der Waals surface area (Å²) in [7, 11) is 5.17. The van der Waals surface area contributed by atoms with Crippen molar-refractivity contribution in [2.24, 2.45) is 0 Å². The number of imide groups is 1. The number of nitrogens with one attached hydrogen (secondary N) is 2. The van der Waals surface area contributed by atoms with Gasteiger partial charge in [0, 0.05) is 19.5 Å². The van der Waals surface area contributed by atoms with Crippen LogP contribution in [0, 0.1) is 0 Å². The molecular formula is C16H24N3O4+. The summed E-state index contributed by atoms with van der Waals surface area (Å²) in [5.74, 6) is 1.27. The average molecular weight is 322 g/mol. The topological polar surface area (TPSA) is 72.3 Å². The maximum absolute atomic E-state index is 12.1. The van der Waals surface area contributed by atoms with Crippen LogP contribution in [0.1, 0.15) is 5.56 Å². The van der Waals surface area contributed by atoms with E-state index in [1.54, 1.807) is 14.2 Å². The molecule has 7 heteroatoms. The normalized spacial score (nSPS) is 15.3. The third-order valence-electron chi connectivity index (χ3n) is 3.90. The van der Waals surface area contributed by atoms with E-state index in [1.165, 1.54) is 4.90 Å². The van der Waals surface area contributed by atoms with Crippen molar-refractivity contribution in [3.8, 4) is 11.5 Å². The van der Waals surface area contributed by atoms with Crippen LogP contribution in [-0.2, 0) is 11.2 Å². The average Bonchev–Trinajstić information content (AvgIpc) is 2.98. The standard InChI is InChI=1S/C16H23N3O4/c1-18(11-15(20)19-9-7-17-16(19)21)8-6-12-4-5-13(22-2)14(10-12)23-3/h4-5,10H,6-9,11H2,1-3H3,(H,17,21)/p+1.